The molecule has 0 unspecified atom stereocenters. The Morgan fingerprint density at radius 3 is 2.84 bits per heavy atom. The van der Waals surface area contributed by atoms with Crippen molar-refractivity contribution in [3.63, 3.8) is 0 Å². The van der Waals surface area contributed by atoms with E-state index in [-0.39, 0.29) is 0 Å². The van der Waals surface area contributed by atoms with E-state index < -0.39 is 0 Å². The number of aromatic nitrogens is 7. The smallest absolute Gasteiger partial charge is 0.246 e. The summed E-state index contributed by atoms with van der Waals surface area (Å²) in [5, 5.41) is 23.3. The highest BCUT2D eigenvalue weighted by Gasteiger charge is 2.15. The van der Waals surface area contributed by atoms with E-state index in [4.69, 9.17) is 4.52 Å². The minimum Gasteiger partial charge on any atom is -0.376 e. The van der Waals surface area contributed by atoms with Crippen molar-refractivity contribution in [3.8, 4) is 11.5 Å². The molecule has 0 amide bonds. The lowest BCUT2D eigenvalue weighted by Crippen LogP contribution is -2.01. The number of para-hydroxylation sites is 1. The van der Waals surface area contributed by atoms with Gasteiger partial charge in [-0.3, -0.25) is 5.10 Å². The summed E-state index contributed by atoms with van der Waals surface area (Å²) >= 11 is 0. The monoisotopic (exact) mass is 423 g/mol. The van der Waals surface area contributed by atoms with Crippen molar-refractivity contribution >= 4 is 33.7 Å². The van der Waals surface area contributed by atoms with E-state index in [1.807, 2.05) is 60.7 Å². The van der Waals surface area contributed by atoms with Crippen molar-refractivity contribution in [1.82, 2.24) is 34.9 Å². The molecular weight excluding hydrogens is 406 g/mol. The largest absolute Gasteiger partial charge is 0.376 e. The number of rotatable bonds is 6. The topological polar surface area (TPSA) is 122 Å². The Morgan fingerprint density at radius 2 is 1.91 bits per heavy atom. The van der Waals surface area contributed by atoms with Crippen LogP contribution in [0.25, 0.3) is 28.1 Å². The molecule has 0 radical (unpaired) electrons. The Hall–Kier alpha value is -4.73. The zero-order valence-corrected chi connectivity index (χ0v) is 16.7. The summed E-state index contributed by atoms with van der Waals surface area (Å²) in [4.78, 5) is 8.89. The average Bonchev–Trinajstić information content (AvgIpc) is 3.57. The summed E-state index contributed by atoms with van der Waals surface area (Å²) in [5.74, 6) is 1.56. The number of hydrogen-bond acceptors (Lipinski definition) is 8. The van der Waals surface area contributed by atoms with Gasteiger partial charge in [-0.2, -0.15) is 10.1 Å². The van der Waals surface area contributed by atoms with Crippen molar-refractivity contribution in [2.24, 2.45) is 0 Å². The van der Waals surface area contributed by atoms with Crippen molar-refractivity contribution in [2.45, 2.75) is 6.54 Å². The van der Waals surface area contributed by atoms with Crippen LogP contribution in [-0.4, -0.2) is 34.9 Å². The summed E-state index contributed by atoms with van der Waals surface area (Å²) in [6.07, 6.45) is 3.47. The van der Waals surface area contributed by atoms with Gasteiger partial charge in [0, 0.05) is 16.8 Å². The van der Waals surface area contributed by atoms with Gasteiger partial charge < -0.3 is 15.2 Å². The molecule has 0 aliphatic rings. The van der Waals surface area contributed by atoms with Crippen LogP contribution >= 0.6 is 0 Å². The van der Waals surface area contributed by atoms with E-state index in [2.05, 4.69) is 41.1 Å². The number of anilines is 3. The summed E-state index contributed by atoms with van der Waals surface area (Å²) < 4.78 is 7.09. The molecule has 6 rings (SSSR count). The highest BCUT2D eigenvalue weighted by Crippen LogP contribution is 2.22. The summed E-state index contributed by atoms with van der Waals surface area (Å²) in [5.41, 5.74) is 4.19. The van der Waals surface area contributed by atoms with Gasteiger partial charge in [0.1, 0.15) is 5.69 Å². The van der Waals surface area contributed by atoms with Gasteiger partial charge in [-0.05, 0) is 42.5 Å². The first-order valence-corrected chi connectivity index (χ1v) is 9.99. The lowest BCUT2D eigenvalue weighted by Gasteiger charge is -2.06. The van der Waals surface area contributed by atoms with Crippen molar-refractivity contribution in [1.29, 1.82) is 0 Å². The Labute approximate surface area is 181 Å². The molecule has 0 spiro atoms. The molecule has 2 aromatic carbocycles. The van der Waals surface area contributed by atoms with E-state index in [1.165, 1.54) is 0 Å². The van der Waals surface area contributed by atoms with Crippen LogP contribution in [0, 0.1) is 0 Å². The molecule has 0 fully saturated rings. The molecule has 0 saturated carbocycles. The highest BCUT2D eigenvalue weighted by atomic mass is 16.5. The Morgan fingerprint density at radius 1 is 0.969 bits per heavy atom. The first-order valence-electron chi connectivity index (χ1n) is 9.99. The zero-order valence-electron chi connectivity index (χ0n) is 16.7. The SMILES string of the molecule is c1ccc(NCc2nc(-c3cnc4ccc(Nc5ccc6[nH]ncc6c5)nn34)no2)cc1. The molecular formula is C22H17N9O. The predicted octanol–water partition coefficient (Wildman–Crippen LogP) is 4.01. The maximum Gasteiger partial charge on any atom is 0.246 e. The molecule has 3 N–H and O–H groups in total. The Bertz CT molecular complexity index is 1520. The first kappa shape index (κ1) is 18.1. The summed E-state index contributed by atoms with van der Waals surface area (Å²) in [6, 6.07) is 19.5. The fourth-order valence-corrected chi connectivity index (χ4v) is 3.43. The van der Waals surface area contributed by atoms with Gasteiger partial charge in [0.05, 0.1) is 24.5 Å². The number of H-pyrrole nitrogens is 1. The maximum absolute atomic E-state index is 5.40. The van der Waals surface area contributed by atoms with Crippen LogP contribution in [0.2, 0.25) is 0 Å². The lowest BCUT2D eigenvalue weighted by molar-refractivity contribution is 0.384. The maximum atomic E-state index is 5.40. The van der Waals surface area contributed by atoms with Crippen LogP contribution in [0.1, 0.15) is 5.89 Å². The number of hydrogen-bond donors (Lipinski definition) is 3. The van der Waals surface area contributed by atoms with Crippen molar-refractivity contribution < 1.29 is 4.52 Å². The quantitative estimate of drug-likeness (QED) is 0.367. The van der Waals surface area contributed by atoms with Crippen molar-refractivity contribution in [2.75, 3.05) is 10.6 Å². The molecule has 32 heavy (non-hydrogen) atoms. The number of nitrogens with zero attached hydrogens (tertiary/aromatic N) is 6. The first-order chi connectivity index (χ1) is 15.8. The van der Waals surface area contributed by atoms with Gasteiger partial charge in [0.15, 0.2) is 11.5 Å². The van der Waals surface area contributed by atoms with Crippen LogP contribution in [0.5, 0.6) is 0 Å². The second kappa shape index (κ2) is 7.51. The molecule has 0 saturated heterocycles. The van der Waals surface area contributed by atoms with E-state index in [0.717, 1.165) is 22.3 Å². The summed E-state index contributed by atoms with van der Waals surface area (Å²) in [7, 11) is 0. The number of benzene rings is 2. The Balaban J connectivity index is 1.25. The third-order valence-corrected chi connectivity index (χ3v) is 4.99. The lowest BCUT2D eigenvalue weighted by atomic mass is 10.2. The van der Waals surface area contributed by atoms with Gasteiger partial charge in [0.25, 0.3) is 0 Å². The molecule has 0 bridgehead atoms. The van der Waals surface area contributed by atoms with Crippen LogP contribution in [-0.2, 0) is 6.54 Å². The molecule has 0 atom stereocenters. The van der Waals surface area contributed by atoms with Crippen LogP contribution in [0.15, 0.2) is 77.6 Å². The fraction of sp³-hybridized carbons (Fsp3) is 0.0455. The van der Waals surface area contributed by atoms with E-state index in [0.29, 0.717) is 35.4 Å². The number of aromatic amines is 1. The number of imidazole rings is 1. The second-order valence-corrected chi connectivity index (χ2v) is 7.16. The molecule has 4 aromatic heterocycles. The molecule has 4 heterocycles. The van der Waals surface area contributed by atoms with Crippen LogP contribution in [0.3, 0.4) is 0 Å². The van der Waals surface area contributed by atoms with Gasteiger partial charge in [-0.25, -0.2) is 9.50 Å². The second-order valence-electron chi connectivity index (χ2n) is 7.16. The minimum absolute atomic E-state index is 0.421. The minimum atomic E-state index is 0.421. The van der Waals surface area contributed by atoms with E-state index in [9.17, 15) is 0 Å². The van der Waals surface area contributed by atoms with E-state index in [1.54, 1.807) is 16.9 Å². The normalized spacial score (nSPS) is 11.2. The Kier molecular flexibility index (Phi) is 4.24. The number of nitrogens with one attached hydrogen (secondary N) is 3. The molecule has 156 valence electrons. The molecule has 0 aliphatic heterocycles. The van der Waals surface area contributed by atoms with Gasteiger partial charge in [0.2, 0.25) is 11.7 Å². The van der Waals surface area contributed by atoms with Gasteiger partial charge in [-0.1, -0.05) is 23.4 Å². The average molecular weight is 423 g/mol. The fourth-order valence-electron chi connectivity index (χ4n) is 3.43. The third kappa shape index (κ3) is 3.39. The molecule has 10 heteroatoms. The predicted molar refractivity (Wildman–Crippen MR) is 119 cm³/mol. The highest BCUT2D eigenvalue weighted by molar-refractivity contribution is 5.82. The number of fused-ring (bicyclic) bond motifs is 2. The molecule has 0 aliphatic carbocycles. The zero-order chi connectivity index (χ0) is 21.3. The standard InChI is InChI=1S/C22H17N9O/c1-2-4-15(5-3-1)23-13-21-27-22(30-32-21)18-12-24-20-9-8-19(29-31(18)20)26-16-6-7-17-14(10-16)11-25-28-17/h1-12,23H,13H2,(H,25,28)(H,26,29). The molecule has 6 aromatic rings. The van der Waals surface area contributed by atoms with Gasteiger partial charge in [-0.15, -0.1) is 5.10 Å². The van der Waals surface area contributed by atoms with E-state index >= 15 is 0 Å². The third-order valence-electron chi connectivity index (χ3n) is 4.99. The van der Waals surface area contributed by atoms with Crippen LogP contribution < -0.4 is 10.6 Å². The van der Waals surface area contributed by atoms with Crippen LogP contribution in [0.4, 0.5) is 17.2 Å². The summed E-state index contributed by atoms with van der Waals surface area (Å²) in [6.45, 7) is 0.421. The van der Waals surface area contributed by atoms with Gasteiger partial charge >= 0.3 is 0 Å². The van der Waals surface area contributed by atoms with Crippen molar-refractivity contribution in [3.05, 3.63) is 78.9 Å². The molecule has 10 nitrogen and oxygen atoms in total.